The number of aromatic nitrogens is 1. The van der Waals surface area contributed by atoms with Gasteiger partial charge in [-0.15, -0.1) is 0 Å². The Morgan fingerprint density at radius 2 is 1.79 bits per heavy atom. The van der Waals surface area contributed by atoms with Crippen molar-refractivity contribution in [2.24, 2.45) is 5.73 Å². The third kappa shape index (κ3) is 3.99. The van der Waals surface area contributed by atoms with Gasteiger partial charge in [-0.2, -0.15) is 0 Å². The summed E-state index contributed by atoms with van der Waals surface area (Å²) in [5.74, 6) is 0.0147. The van der Waals surface area contributed by atoms with E-state index < -0.39 is 0 Å². The number of carbonyl (C=O) groups is 1. The molecule has 5 rings (SSSR count). The zero-order valence-electron chi connectivity index (χ0n) is 19.0. The first-order valence-electron chi connectivity index (χ1n) is 11.8. The number of rotatable bonds is 5. The number of fused-ring (bicyclic) bond motifs is 2. The summed E-state index contributed by atoms with van der Waals surface area (Å²) in [6.45, 7) is 2.59. The van der Waals surface area contributed by atoms with Gasteiger partial charge in [0, 0.05) is 29.1 Å². The van der Waals surface area contributed by atoms with Crippen LogP contribution >= 0.6 is 0 Å². The highest BCUT2D eigenvalue weighted by Gasteiger charge is 2.24. The van der Waals surface area contributed by atoms with Gasteiger partial charge in [-0.3, -0.25) is 10.2 Å². The van der Waals surface area contributed by atoms with Crippen LogP contribution in [0.15, 0.2) is 60.7 Å². The van der Waals surface area contributed by atoms with Gasteiger partial charge < -0.3 is 15.6 Å². The molecule has 33 heavy (non-hydrogen) atoms. The standard InChI is InChI=1S/C28H30N4O/c1-18-23-15-14-20(27(29)30)16-25(23)32(26(18)28(33)31-22-11-3-2-4-12-22)17-21-10-7-9-19-8-5-6-13-24(19)21/h5-10,13-16,22H,2-4,11-12,17H2,1H3,(H3,29,30)(H,31,33). The van der Waals surface area contributed by atoms with Crippen LogP contribution in [-0.2, 0) is 6.54 Å². The van der Waals surface area contributed by atoms with E-state index in [1.54, 1.807) is 0 Å². The molecule has 168 valence electrons. The van der Waals surface area contributed by atoms with Crippen LogP contribution in [-0.4, -0.2) is 22.4 Å². The minimum absolute atomic E-state index is 0.0137. The van der Waals surface area contributed by atoms with E-state index in [0.717, 1.165) is 34.9 Å². The van der Waals surface area contributed by atoms with Crippen molar-refractivity contribution in [1.29, 1.82) is 5.41 Å². The topological polar surface area (TPSA) is 83.9 Å². The molecular formula is C28H30N4O. The highest BCUT2D eigenvalue weighted by molar-refractivity contribution is 6.04. The lowest BCUT2D eigenvalue weighted by molar-refractivity contribution is 0.0918. The van der Waals surface area contributed by atoms with Crippen LogP contribution in [0.25, 0.3) is 21.7 Å². The second-order valence-electron chi connectivity index (χ2n) is 9.15. The van der Waals surface area contributed by atoms with Gasteiger partial charge in [-0.05, 0) is 47.7 Å². The van der Waals surface area contributed by atoms with Gasteiger partial charge in [0.2, 0.25) is 0 Å². The summed E-state index contributed by atoms with van der Waals surface area (Å²) in [6, 6.07) is 20.7. The van der Waals surface area contributed by atoms with Crippen molar-refractivity contribution in [1.82, 2.24) is 9.88 Å². The maximum atomic E-state index is 13.6. The molecule has 5 nitrogen and oxygen atoms in total. The molecule has 0 unspecified atom stereocenters. The Kier molecular flexibility index (Phi) is 5.63. The van der Waals surface area contributed by atoms with Crippen molar-refractivity contribution in [2.75, 3.05) is 0 Å². The molecule has 0 spiro atoms. The number of benzene rings is 3. The summed E-state index contributed by atoms with van der Waals surface area (Å²) in [5, 5.41) is 14.6. The molecule has 4 N–H and O–H groups in total. The molecule has 0 radical (unpaired) electrons. The fourth-order valence-corrected chi connectivity index (χ4v) is 5.25. The van der Waals surface area contributed by atoms with E-state index in [1.165, 1.54) is 30.0 Å². The smallest absolute Gasteiger partial charge is 0.268 e. The number of carbonyl (C=O) groups excluding carboxylic acids is 1. The number of nitrogens with zero attached hydrogens (tertiary/aromatic N) is 1. The quantitative estimate of drug-likeness (QED) is 0.284. The maximum absolute atomic E-state index is 13.6. The van der Waals surface area contributed by atoms with Crippen LogP contribution in [0, 0.1) is 12.3 Å². The predicted octanol–water partition coefficient (Wildman–Crippen LogP) is 5.50. The van der Waals surface area contributed by atoms with Crippen molar-refractivity contribution >= 4 is 33.4 Å². The summed E-state index contributed by atoms with van der Waals surface area (Å²) in [6.07, 6.45) is 5.68. The zero-order valence-corrected chi connectivity index (χ0v) is 19.0. The molecule has 1 saturated carbocycles. The molecule has 0 bridgehead atoms. The number of aryl methyl sites for hydroxylation is 1. The second kappa shape index (κ2) is 8.74. The van der Waals surface area contributed by atoms with E-state index in [2.05, 4.69) is 46.3 Å². The van der Waals surface area contributed by atoms with E-state index in [0.29, 0.717) is 17.8 Å². The van der Waals surface area contributed by atoms with E-state index in [1.807, 2.05) is 31.2 Å². The van der Waals surface area contributed by atoms with Gasteiger partial charge in [0.1, 0.15) is 11.5 Å². The summed E-state index contributed by atoms with van der Waals surface area (Å²) < 4.78 is 2.11. The van der Waals surface area contributed by atoms with Crippen molar-refractivity contribution in [3.05, 3.63) is 83.0 Å². The molecule has 5 heteroatoms. The second-order valence-corrected chi connectivity index (χ2v) is 9.15. The molecule has 0 saturated heterocycles. The van der Waals surface area contributed by atoms with E-state index in [4.69, 9.17) is 11.1 Å². The lowest BCUT2D eigenvalue weighted by Gasteiger charge is -2.23. The van der Waals surface area contributed by atoms with Gasteiger partial charge in [0.05, 0.1) is 0 Å². The first-order chi connectivity index (χ1) is 16.0. The molecular weight excluding hydrogens is 408 g/mol. The third-order valence-corrected chi connectivity index (χ3v) is 6.99. The number of amides is 1. The number of nitrogens with two attached hydrogens (primary N) is 1. The average molecular weight is 439 g/mol. The Bertz CT molecular complexity index is 1360. The predicted molar refractivity (Wildman–Crippen MR) is 135 cm³/mol. The Hall–Kier alpha value is -3.60. The first kappa shape index (κ1) is 21.3. The molecule has 1 heterocycles. The summed E-state index contributed by atoms with van der Waals surface area (Å²) in [5.41, 5.74) is 10.2. The summed E-state index contributed by atoms with van der Waals surface area (Å²) in [4.78, 5) is 13.6. The van der Waals surface area contributed by atoms with Crippen LogP contribution in [0.4, 0.5) is 0 Å². The molecule has 0 aliphatic heterocycles. The monoisotopic (exact) mass is 438 g/mol. The van der Waals surface area contributed by atoms with Gasteiger partial charge >= 0.3 is 0 Å². The molecule has 4 aromatic rings. The molecule has 1 fully saturated rings. The van der Waals surface area contributed by atoms with Crippen LogP contribution in [0.1, 0.15) is 59.3 Å². The Morgan fingerprint density at radius 3 is 2.58 bits per heavy atom. The van der Waals surface area contributed by atoms with Crippen LogP contribution < -0.4 is 11.1 Å². The van der Waals surface area contributed by atoms with Gasteiger partial charge in [0.25, 0.3) is 5.91 Å². The van der Waals surface area contributed by atoms with Crippen LogP contribution in [0.2, 0.25) is 0 Å². The molecule has 0 atom stereocenters. The highest BCUT2D eigenvalue weighted by atomic mass is 16.2. The lowest BCUT2D eigenvalue weighted by Crippen LogP contribution is -2.37. The maximum Gasteiger partial charge on any atom is 0.268 e. The van der Waals surface area contributed by atoms with Gasteiger partial charge in [0.15, 0.2) is 0 Å². The Labute approximate surface area is 194 Å². The van der Waals surface area contributed by atoms with Crippen molar-refractivity contribution in [2.45, 2.75) is 51.6 Å². The van der Waals surface area contributed by atoms with Crippen molar-refractivity contribution in [3.8, 4) is 0 Å². The van der Waals surface area contributed by atoms with E-state index in [9.17, 15) is 4.79 Å². The van der Waals surface area contributed by atoms with Crippen molar-refractivity contribution < 1.29 is 4.79 Å². The number of hydrogen-bond donors (Lipinski definition) is 3. The summed E-state index contributed by atoms with van der Waals surface area (Å²) in [7, 11) is 0. The van der Waals surface area contributed by atoms with Gasteiger partial charge in [-0.25, -0.2) is 0 Å². The fraction of sp³-hybridized carbons (Fsp3) is 0.286. The molecule has 1 aliphatic carbocycles. The highest BCUT2D eigenvalue weighted by Crippen LogP contribution is 2.30. The largest absolute Gasteiger partial charge is 0.384 e. The fourth-order valence-electron chi connectivity index (χ4n) is 5.25. The van der Waals surface area contributed by atoms with Crippen LogP contribution in [0.3, 0.4) is 0 Å². The number of amidine groups is 1. The molecule has 1 aliphatic rings. The SMILES string of the molecule is Cc1c(C(=O)NC2CCCCC2)n(Cc2cccc3ccccc23)c2cc(C(=N)N)ccc12. The number of hydrogen-bond acceptors (Lipinski definition) is 2. The first-order valence-corrected chi connectivity index (χ1v) is 11.8. The van der Waals surface area contributed by atoms with Crippen LogP contribution in [0.5, 0.6) is 0 Å². The van der Waals surface area contributed by atoms with Gasteiger partial charge in [-0.1, -0.05) is 73.9 Å². The third-order valence-electron chi connectivity index (χ3n) is 6.99. The van der Waals surface area contributed by atoms with Crippen molar-refractivity contribution in [3.63, 3.8) is 0 Å². The minimum atomic E-state index is -0.0137. The Morgan fingerprint density at radius 1 is 1.03 bits per heavy atom. The average Bonchev–Trinajstić information content (AvgIpc) is 3.11. The summed E-state index contributed by atoms with van der Waals surface area (Å²) >= 11 is 0. The molecule has 1 amide bonds. The number of nitrogens with one attached hydrogen (secondary N) is 2. The Balaban J connectivity index is 1.65. The van der Waals surface area contributed by atoms with E-state index in [-0.39, 0.29) is 17.8 Å². The normalized spacial score (nSPS) is 14.6. The molecule has 1 aromatic heterocycles. The minimum Gasteiger partial charge on any atom is -0.384 e. The van der Waals surface area contributed by atoms with E-state index >= 15 is 0 Å². The zero-order chi connectivity index (χ0) is 22.9. The lowest BCUT2D eigenvalue weighted by atomic mass is 9.95. The molecule has 3 aromatic carbocycles. The number of nitrogen functional groups attached to an aromatic ring is 1.